The van der Waals surface area contributed by atoms with Crippen molar-refractivity contribution >= 4 is 79.9 Å². The Labute approximate surface area is 374 Å². The third-order valence-corrected chi connectivity index (χ3v) is 13.8. The molecule has 2 atom stereocenters. The number of imide groups is 1. The number of nitrogens with zero attached hydrogens (tertiary/aromatic N) is 9. The maximum atomic E-state index is 15.2. The van der Waals surface area contributed by atoms with Gasteiger partial charge in [0.25, 0.3) is 5.56 Å². The molecule has 3 saturated heterocycles. The molecule has 1 aliphatic carbocycles. The normalized spacial score (nSPS) is 22.2. The van der Waals surface area contributed by atoms with Crippen LogP contribution < -0.4 is 35.6 Å². The first-order valence-corrected chi connectivity index (χ1v) is 22.3. The molecule has 0 unspecified atom stereocenters. The van der Waals surface area contributed by atoms with Gasteiger partial charge in [-0.05, 0) is 74.3 Å². The summed E-state index contributed by atoms with van der Waals surface area (Å²) in [6.45, 7) is 0.994. The summed E-state index contributed by atoms with van der Waals surface area (Å²) in [5, 5.41) is 11.9. The van der Waals surface area contributed by atoms with Gasteiger partial charge in [-0.2, -0.15) is 23.3 Å². The number of carbonyl (C=O) groups excluding carboxylic acids is 2. The van der Waals surface area contributed by atoms with Gasteiger partial charge in [0.2, 0.25) is 23.5 Å². The average Bonchev–Trinajstić information content (AvgIpc) is 4.08. The van der Waals surface area contributed by atoms with Crippen LogP contribution in [0.2, 0.25) is 5.02 Å². The quantitative estimate of drug-likeness (QED) is 0.124. The number of alkyl halides is 5. The topological polar surface area (TPSA) is 146 Å². The number of carbonyl (C=O) groups is 2. The number of aromatic nitrogens is 5. The Kier molecular flexibility index (Phi) is 10.8. The highest BCUT2D eigenvalue weighted by molar-refractivity contribution is 6.33. The second-order valence-corrected chi connectivity index (χ2v) is 18.2. The van der Waals surface area contributed by atoms with Crippen LogP contribution in [-0.2, 0) is 23.7 Å². The summed E-state index contributed by atoms with van der Waals surface area (Å²) in [7, 11) is 3.17. The van der Waals surface area contributed by atoms with Gasteiger partial charge < -0.3 is 29.7 Å². The Bertz CT molecular complexity index is 2760. The molecule has 344 valence electrons. The smallest absolute Gasteiger partial charge is 0.409 e. The minimum Gasteiger partial charge on any atom is -0.480 e. The third-order valence-electron chi connectivity index (χ3n) is 13.5. The highest BCUT2D eigenvalue weighted by Crippen LogP contribution is 2.46. The van der Waals surface area contributed by atoms with Crippen molar-refractivity contribution < 1.29 is 36.3 Å². The zero-order chi connectivity index (χ0) is 45.5. The fourth-order valence-electron chi connectivity index (χ4n) is 9.96. The largest absolute Gasteiger partial charge is 0.480 e. The van der Waals surface area contributed by atoms with Gasteiger partial charge in [0.15, 0.2) is 18.2 Å². The number of benzene rings is 2. The van der Waals surface area contributed by atoms with Crippen molar-refractivity contribution in [3.8, 4) is 5.75 Å². The molecule has 2 aromatic carbocycles. The minimum atomic E-state index is -4.55. The van der Waals surface area contributed by atoms with Crippen LogP contribution >= 0.6 is 11.6 Å². The Morgan fingerprint density at radius 1 is 0.969 bits per heavy atom. The highest BCUT2D eigenvalue weighted by atomic mass is 35.5. The number of piperidine rings is 2. The van der Waals surface area contributed by atoms with E-state index in [0.717, 1.165) is 4.90 Å². The number of rotatable bonds is 8. The fourth-order valence-corrected chi connectivity index (χ4v) is 10.1. The molecule has 5 aromatic rings. The number of para-hydroxylation sites is 1. The maximum absolute atomic E-state index is 15.2. The molecule has 7 heterocycles. The second kappa shape index (κ2) is 16.3. The van der Waals surface area contributed by atoms with Crippen LogP contribution in [0.3, 0.4) is 0 Å². The summed E-state index contributed by atoms with van der Waals surface area (Å²) < 4.78 is 83.5. The van der Waals surface area contributed by atoms with Crippen LogP contribution in [0.15, 0.2) is 47.4 Å². The van der Waals surface area contributed by atoms with Gasteiger partial charge in [0, 0.05) is 82.7 Å². The first-order chi connectivity index (χ1) is 31.1. The molecule has 5 aliphatic rings. The van der Waals surface area contributed by atoms with Gasteiger partial charge in [-0.25, -0.2) is 18.7 Å². The van der Waals surface area contributed by atoms with E-state index in [-0.39, 0.29) is 71.9 Å². The highest BCUT2D eigenvalue weighted by Gasteiger charge is 2.51. The Morgan fingerprint density at radius 2 is 1.72 bits per heavy atom. The van der Waals surface area contributed by atoms with E-state index in [0.29, 0.717) is 103 Å². The van der Waals surface area contributed by atoms with E-state index in [1.165, 1.54) is 20.3 Å². The second-order valence-electron chi connectivity index (χ2n) is 17.8. The molecular weight excluding hydrogens is 877 g/mol. The van der Waals surface area contributed by atoms with Crippen LogP contribution in [0.25, 0.3) is 21.8 Å². The number of hydrogen-bond donors (Lipinski definition) is 2. The molecule has 3 aromatic heterocycles. The van der Waals surface area contributed by atoms with Crippen molar-refractivity contribution in [3.63, 3.8) is 0 Å². The number of hydrogen-bond acceptors (Lipinski definition) is 12. The number of ether oxygens (including phenoxy) is 1. The zero-order valence-corrected chi connectivity index (χ0v) is 36.4. The Hall–Kier alpha value is -5.76. The standard InChI is InChI=1S/C44H47ClF5N11O4/c1-56-30-12-11-26(19-28(30)35-37(41(56)64)65-23-43(46,47)38(53-35)25-9-10-25)52-39-29(45)20-51-42(54-39)59-15-13-24(14-16-59)21-58-17-18-60(32(22-58)44(48,49)50)31-6-3-5-27-36(31)57(2)55-40(27)61-33(62)7-4-8-34(61)63/h3,5-6,11-12,19-20,24-25,32,38,53H,4,7-10,13-18,21-23H2,1-2H3,(H,51,52,54)/t32-,38-/m0/s1. The van der Waals surface area contributed by atoms with E-state index in [2.05, 4.69) is 20.7 Å². The number of anilines is 6. The van der Waals surface area contributed by atoms with Crippen LogP contribution in [0.1, 0.15) is 44.9 Å². The lowest BCUT2D eigenvalue weighted by Crippen LogP contribution is -2.60. The van der Waals surface area contributed by atoms with Crippen LogP contribution in [0, 0.1) is 11.8 Å². The molecular formula is C44H47ClF5N11O4. The van der Waals surface area contributed by atoms with Gasteiger partial charge in [-0.3, -0.25) is 24.0 Å². The summed E-state index contributed by atoms with van der Waals surface area (Å²) in [6, 6.07) is 7.18. The number of pyridine rings is 1. The van der Waals surface area contributed by atoms with E-state index in [9.17, 15) is 27.6 Å². The minimum absolute atomic E-state index is 0.109. The number of fused-ring (bicyclic) bond motifs is 4. The summed E-state index contributed by atoms with van der Waals surface area (Å²) in [4.78, 5) is 54.4. The molecule has 0 radical (unpaired) electrons. The molecule has 0 spiro atoms. The number of amides is 2. The maximum Gasteiger partial charge on any atom is 0.409 e. The van der Waals surface area contributed by atoms with Crippen molar-refractivity contribution in [2.24, 2.45) is 25.9 Å². The van der Waals surface area contributed by atoms with Crippen molar-refractivity contribution in [1.29, 1.82) is 0 Å². The van der Waals surface area contributed by atoms with Gasteiger partial charge in [-0.15, -0.1) is 0 Å². The third kappa shape index (κ3) is 7.95. The monoisotopic (exact) mass is 923 g/mol. The Balaban J connectivity index is 0.815. The van der Waals surface area contributed by atoms with Crippen LogP contribution in [-0.4, -0.2) is 111 Å². The van der Waals surface area contributed by atoms with E-state index in [1.807, 2.05) is 9.80 Å². The predicted octanol–water partition coefficient (Wildman–Crippen LogP) is 6.84. The van der Waals surface area contributed by atoms with Gasteiger partial charge in [0.1, 0.15) is 11.1 Å². The summed E-state index contributed by atoms with van der Waals surface area (Å²) in [5.41, 5.74) is 1.52. The molecule has 4 fully saturated rings. The number of aryl methyl sites for hydroxylation is 2. The van der Waals surface area contributed by atoms with E-state index < -0.39 is 36.3 Å². The Morgan fingerprint density at radius 3 is 2.45 bits per heavy atom. The first-order valence-electron chi connectivity index (χ1n) is 21.9. The lowest BCUT2D eigenvalue weighted by atomic mass is 9.95. The van der Waals surface area contributed by atoms with Crippen molar-refractivity contribution in [1.82, 2.24) is 29.2 Å². The van der Waals surface area contributed by atoms with Crippen molar-refractivity contribution in [2.75, 3.05) is 71.2 Å². The molecule has 2 N–H and O–H groups in total. The number of halogens is 6. The van der Waals surface area contributed by atoms with Crippen molar-refractivity contribution in [3.05, 3.63) is 58.0 Å². The first kappa shape index (κ1) is 43.1. The molecule has 0 bridgehead atoms. The van der Waals surface area contributed by atoms with Crippen molar-refractivity contribution in [2.45, 2.75) is 69.1 Å². The molecule has 15 nitrogen and oxygen atoms in total. The SMILES string of the molecule is Cn1nc(N2C(=O)CCCC2=O)c2cccc(N3CCN(CC4CCN(c5ncc(Cl)c(Nc6ccc7c(c6)c6c(c(=O)n7C)OCC(F)(F)[C@H](C7CC7)N6)n5)CC4)C[C@H]3C(F)(F)F)c21. The van der Waals surface area contributed by atoms with E-state index >= 15 is 8.78 Å². The number of nitrogens with one attached hydrogen (secondary N) is 2. The lowest BCUT2D eigenvalue weighted by Gasteiger charge is -2.45. The van der Waals surface area contributed by atoms with Gasteiger partial charge >= 0.3 is 12.1 Å². The molecule has 21 heteroatoms. The molecule has 1 saturated carbocycles. The predicted molar refractivity (Wildman–Crippen MR) is 236 cm³/mol. The van der Waals surface area contributed by atoms with Gasteiger partial charge in [-0.1, -0.05) is 17.7 Å². The summed E-state index contributed by atoms with van der Waals surface area (Å²) >= 11 is 6.60. The lowest BCUT2D eigenvalue weighted by molar-refractivity contribution is -0.157. The van der Waals surface area contributed by atoms with Gasteiger partial charge in [0.05, 0.1) is 34.6 Å². The molecule has 4 aliphatic heterocycles. The number of piperazine rings is 1. The fraction of sp³-hybridized carbons (Fsp3) is 0.500. The van der Waals surface area contributed by atoms with E-state index in [1.54, 1.807) is 50.5 Å². The zero-order valence-electron chi connectivity index (χ0n) is 35.7. The average molecular weight is 924 g/mol. The summed E-state index contributed by atoms with van der Waals surface area (Å²) in [6.07, 6.45) is 0.498. The van der Waals surface area contributed by atoms with E-state index in [4.69, 9.17) is 21.3 Å². The van der Waals surface area contributed by atoms with Crippen LogP contribution in [0.5, 0.6) is 5.75 Å². The molecule has 65 heavy (non-hydrogen) atoms. The summed E-state index contributed by atoms with van der Waals surface area (Å²) in [5.74, 6) is -3.32. The molecule has 10 rings (SSSR count). The van der Waals surface area contributed by atoms with Crippen LogP contribution in [0.4, 0.5) is 56.6 Å². The molecule has 2 amide bonds.